The Bertz CT molecular complexity index is 375. The first-order chi connectivity index (χ1) is 5.55. The van der Waals surface area contributed by atoms with Gasteiger partial charge in [0.2, 0.25) is 0 Å². The van der Waals surface area contributed by atoms with Crippen molar-refractivity contribution in [2.24, 2.45) is 0 Å². The second-order valence-electron chi connectivity index (χ2n) is 2.22. The molecule has 0 radical (unpaired) electrons. The van der Waals surface area contributed by atoms with E-state index in [2.05, 4.69) is 0 Å². The van der Waals surface area contributed by atoms with Gasteiger partial charge in [0.15, 0.2) is 0 Å². The van der Waals surface area contributed by atoms with Gasteiger partial charge in [-0.05, 0) is 11.6 Å². The van der Waals surface area contributed by atoms with E-state index in [9.17, 15) is 8.42 Å². The lowest BCUT2D eigenvalue weighted by Crippen LogP contribution is -2.01. The highest BCUT2D eigenvalue weighted by atomic mass is 35.5. The maximum absolute atomic E-state index is 10.7. The average molecular weight is 243 g/mol. The zero-order chi connectivity index (χ0) is 9.19. The highest BCUT2D eigenvalue weighted by molar-refractivity contribution is 7.85. The molecule has 0 spiro atoms. The Morgan fingerprint density at radius 1 is 1.31 bits per heavy atom. The molecule has 0 unspecified atom stereocenters. The van der Waals surface area contributed by atoms with Crippen LogP contribution in [0.1, 0.15) is 5.56 Å². The number of alkyl halides is 1. The lowest BCUT2D eigenvalue weighted by atomic mass is 10.2. The minimum Gasteiger partial charge on any atom is -0.282 e. The van der Waals surface area contributed by atoms with E-state index in [0.29, 0.717) is 5.56 Å². The Labute approximate surface area is 87.9 Å². The van der Waals surface area contributed by atoms with Gasteiger partial charge in [-0.3, -0.25) is 4.55 Å². The predicted octanol–water partition coefficient (Wildman–Crippen LogP) is 2.09. The summed E-state index contributed by atoms with van der Waals surface area (Å²) in [5.74, 6) is 0.0654. The van der Waals surface area contributed by atoms with Crippen molar-refractivity contribution in [2.45, 2.75) is 10.8 Å². The molecule has 0 aliphatic rings. The molecule has 0 saturated carbocycles. The maximum Gasteiger partial charge on any atom is 0.294 e. The van der Waals surface area contributed by atoms with Gasteiger partial charge in [0, 0.05) is 5.88 Å². The van der Waals surface area contributed by atoms with E-state index in [4.69, 9.17) is 16.2 Å². The van der Waals surface area contributed by atoms with Crippen molar-refractivity contribution in [1.29, 1.82) is 0 Å². The van der Waals surface area contributed by atoms with Crippen LogP contribution >= 0.6 is 24.0 Å². The van der Waals surface area contributed by atoms with Crippen LogP contribution in [0.5, 0.6) is 0 Å². The summed E-state index contributed by atoms with van der Waals surface area (Å²) in [4.78, 5) is -0.125. The van der Waals surface area contributed by atoms with E-state index in [0.717, 1.165) is 0 Å². The molecule has 1 aromatic carbocycles. The van der Waals surface area contributed by atoms with E-state index in [1.54, 1.807) is 12.1 Å². The lowest BCUT2D eigenvalue weighted by Gasteiger charge is -2.01. The van der Waals surface area contributed by atoms with Gasteiger partial charge < -0.3 is 0 Å². The summed E-state index contributed by atoms with van der Waals surface area (Å²) in [7, 11) is -4.13. The Morgan fingerprint density at radius 2 is 1.85 bits per heavy atom. The van der Waals surface area contributed by atoms with Gasteiger partial charge in [-0.15, -0.1) is 24.0 Å². The summed E-state index contributed by atoms with van der Waals surface area (Å²) < 4.78 is 30.1. The third-order valence-corrected chi connectivity index (χ3v) is 2.64. The molecule has 1 aromatic rings. The van der Waals surface area contributed by atoms with Crippen molar-refractivity contribution in [2.75, 3.05) is 0 Å². The Hall–Kier alpha value is -0.290. The van der Waals surface area contributed by atoms with Crippen molar-refractivity contribution in [1.82, 2.24) is 0 Å². The fraction of sp³-hybridized carbons (Fsp3) is 0.143. The van der Waals surface area contributed by atoms with Gasteiger partial charge >= 0.3 is 0 Å². The van der Waals surface area contributed by atoms with Crippen LogP contribution < -0.4 is 0 Å². The molecule has 74 valence electrons. The Morgan fingerprint density at radius 3 is 2.23 bits per heavy atom. The number of hydrogen-bond acceptors (Lipinski definition) is 2. The SMILES string of the molecule is Cl.O=S(=O)(O)c1ccccc1CCl. The first-order valence-corrected chi connectivity index (χ1v) is 5.14. The zero-order valence-electron chi connectivity index (χ0n) is 6.47. The molecule has 0 aliphatic heterocycles. The lowest BCUT2D eigenvalue weighted by molar-refractivity contribution is 0.482. The minimum atomic E-state index is -4.13. The first-order valence-electron chi connectivity index (χ1n) is 3.17. The molecule has 0 fully saturated rings. The van der Waals surface area contributed by atoms with Crippen LogP contribution in [0, 0.1) is 0 Å². The summed E-state index contributed by atoms with van der Waals surface area (Å²) in [6.45, 7) is 0. The normalized spacial score (nSPS) is 10.6. The number of halogens is 2. The molecule has 6 heteroatoms. The monoisotopic (exact) mass is 242 g/mol. The topological polar surface area (TPSA) is 54.4 Å². The molecule has 0 aromatic heterocycles. The fourth-order valence-corrected chi connectivity index (χ4v) is 1.90. The van der Waals surface area contributed by atoms with Gasteiger partial charge in [-0.25, -0.2) is 0 Å². The number of rotatable bonds is 2. The third kappa shape index (κ3) is 3.15. The molecule has 0 bridgehead atoms. The standard InChI is InChI=1S/C7H7ClO3S.ClH/c8-5-6-3-1-2-4-7(6)12(9,10)11;/h1-4H,5H2,(H,9,10,11);1H. The molecule has 13 heavy (non-hydrogen) atoms. The van der Waals surface area contributed by atoms with Gasteiger partial charge in [-0.2, -0.15) is 8.42 Å². The predicted molar refractivity (Wildman–Crippen MR) is 53.1 cm³/mol. The Kier molecular flexibility index (Phi) is 4.70. The van der Waals surface area contributed by atoms with Crippen molar-refractivity contribution in [3.63, 3.8) is 0 Å². The molecule has 0 heterocycles. The average Bonchev–Trinajstić information content (AvgIpc) is 2.03. The van der Waals surface area contributed by atoms with Crippen LogP contribution in [0.2, 0.25) is 0 Å². The van der Waals surface area contributed by atoms with Crippen LogP contribution in [-0.4, -0.2) is 13.0 Å². The van der Waals surface area contributed by atoms with Crippen LogP contribution in [0.25, 0.3) is 0 Å². The van der Waals surface area contributed by atoms with Crippen molar-refractivity contribution in [3.8, 4) is 0 Å². The molecule has 3 nitrogen and oxygen atoms in total. The van der Waals surface area contributed by atoms with E-state index in [1.807, 2.05) is 0 Å². The summed E-state index contributed by atoms with van der Waals surface area (Å²) >= 11 is 5.46. The van der Waals surface area contributed by atoms with E-state index >= 15 is 0 Å². The number of hydrogen-bond donors (Lipinski definition) is 1. The second kappa shape index (κ2) is 4.81. The summed E-state index contributed by atoms with van der Waals surface area (Å²) in [6.07, 6.45) is 0. The smallest absolute Gasteiger partial charge is 0.282 e. The second-order valence-corrected chi connectivity index (χ2v) is 3.87. The minimum absolute atomic E-state index is 0. The molecule has 0 amide bonds. The van der Waals surface area contributed by atoms with Gasteiger partial charge in [0.25, 0.3) is 10.1 Å². The molecule has 1 N–H and O–H groups in total. The molecular weight excluding hydrogens is 235 g/mol. The summed E-state index contributed by atoms with van der Waals surface area (Å²) in [5.41, 5.74) is 0.404. The quantitative estimate of drug-likeness (QED) is 0.639. The van der Waals surface area contributed by atoms with Crippen LogP contribution in [-0.2, 0) is 16.0 Å². The third-order valence-electron chi connectivity index (χ3n) is 1.39. The van der Waals surface area contributed by atoms with Crippen LogP contribution in [0.4, 0.5) is 0 Å². The fourth-order valence-electron chi connectivity index (χ4n) is 0.866. The van der Waals surface area contributed by atoms with Crippen LogP contribution in [0.3, 0.4) is 0 Å². The largest absolute Gasteiger partial charge is 0.294 e. The first kappa shape index (κ1) is 12.7. The highest BCUT2D eigenvalue weighted by Gasteiger charge is 2.12. The van der Waals surface area contributed by atoms with Gasteiger partial charge in [0.05, 0.1) is 4.90 Å². The van der Waals surface area contributed by atoms with E-state index in [-0.39, 0.29) is 23.2 Å². The maximum atomic E-state index is 10.7. The highest BCUT2D eigenvalue weighted by Crippen LogP contribution is 2.16. The zero-order valence-corrected chi connectivity index (χ0v) is 8.86. The van der Waals surface area contributed by atoms with Crippen molar-refractivity contribution >= 4 is 34.1 Å². The molecule has 0 atom stereocenters. The summed E-state index contributed by atoms with van der Waals surface area (Å²) in [5, 5.41) is 0. The van der Waals surface area contributed by atoms with Crippen molar-refractivity contribution < 1.29 is 13.0 Å². The van der Waals surface area contributed by atoms with Crippen LogP contribution in [0.15, 0.2) is 29.2 Å². The number of benzene rings is 1. The van der Waals surface area contributed by atoms with E-state index < -0.39 is 10.1 Å². The molecule has 0 aliphatic carbocycles. The summed E-state index contributed by atoms with van der Waals surface area (Å²) in [6, 6.07) is 6.05. The molecule has 1 rings (SSSR count). The van der Waals surface area contributed by atoms with Gasteiger partial charge in [-0.1, -0.05) is 18.2 Å². The Balaban J connectivity index is 0.00000144. The van der Waals surface area contributed by atoms with Crippen molar-refractivity contribution in [3.05, 3.63) is 29.8 Å². The molecule has 0 saturated heterocycles. The van der Waals surface area contributed by atoms with Gasteiger partial charge in [0.1, 0.15) is 0 Å². The molecular formula is C7H8Cl2O3S. The van der Waals surface area contributed by atoms with E-state index in [1.165, 1.54) is 12.1 Å².